The molecule has 1 saturated carbocycles. The van der Waals surface area contributed by atoms with E-state index in [9.17, 15) is 5.11 Å². The number of hydrogen-bond donors (Lipinski definition) is 2. The van der Waals surface area contributed by atoms with Crippen molar-refractivity contribution in [1.29, 1.82) is 0 Å². The van der Waals surface area contributed by atoms with Crippen LogP contribution in [0.15, 0.2) is 12.7 Å². The Hall–Kier alpha value is -0.340. The van der Waals surface area contributed by atoms with Gasteiger partial charge in [0.1, 0.15) is 0 Å². The van der Waals surface area contributed by atoms with Crippen LogP contribution in [0.5, 0.6) is 0 Å². The third kappa shape index (κ3) is 2.82. The average molecular weight is 198 g/mol. The molecule has 1 atom stereocenters. The highest BCUT2D eigenvalue weighted by molar-refractivity contribution is 4.87. The van der Waals surface area contributed by atoms with Gasteiger partial charge in [0.25, 0.3) is 0 Å². The van der Waals surface area contributed by atoms with Crippen LogP contribution < -0.4 is 0 Å². The van der Waals surface area contributed by atoms with Crippen LogP contribution in [-0.4, -0.2) is 22.4 Å². The second kappa shape index (κ2) is 4.94. The van der Waals surface area contributed by atoms with Gasteiger partial charge in [0.15, 0.2) is 0 Å². The highest BCUT2D eigenvalue weighted by Crippen LogP contribution is 2.36. The van der Waals surface area contributed by atoms with Crippen LogP contribution >= 0.6 is 0 Å². The molecule has 0 saturated heterocycles. The first-order chi connectivity index (χ1) is 6.60. The van der Waals surface area contributed by atoms with Crippen molar-refractivity contribution in [2.45, 2.75) is 44.6 Å². The molecule has 1 fully saturated rings. The molecule has 0 radical (unpaired) electrons. The molecule has 0 aliphatic heterocycles. The van der Waals surface area contributed by atoms with Crippen LogP contribution in [0.4, 0.5) is 0 Å². The summed E-state index contributed by atoms with van der Waals surface area (Å²) < 4.78 is 0. The van der Waals surface area contributed by atoms with Crippen LogP contribution in [0.1, 0.15) is 39.0 Å². The molecule has 2 N–H and O–H groups in total. The Kier molecular flexibility index (Phi) is 4.14. The van der Waals surface area contributed by atoms with Crippen molar-refractivity contribution >= 4 is 0 Å². The summed E-state index contributed by atoms with van der Waals surface area (Å²) in [5.41, 5.74) is -0.876. The van der Waals surface area contributed by atoms with E-state index in [2.05, 4.69) is 6.58 Å². The van der Waals surface area contributed by atoms with Gasteiger partial charge in [0.05, 0.1) is 12.2 Å². The van der Waals surface area contributed by atoms with Gasteiger partial charge in [-0.05, 0) is 50.9 Å². The zero-order valence-corrected chi connectivity index (χ0v) is 9.08. The van der Waals surface area contributed by atoms with Crippen molar-refractivity contribution in [1.82, 2.24) is 0 Å². The predicted octanol–water partition coefficient (Wildman–Crippen LogP) is 2.11. The number of aliphatic hydroxyl groups is 2. The van der Waals surface area contributed by atoms with E-state index in [-0.39, 0.29) is 12.5 Å². The zero-order chi connectivity index (χ0) is 10.6. The first-order valence-corrected chi connectivity index (χ1v) is 5.54. The highest BCUT2D eigenvalue weighted by Gasteiger charge is 2.33. The molecule has 0 amide bonds. The lowest BCUT2D eigenvalue weighted by Gasteiger charge is -2.36. The van der Waals surface area contributed by atoms with Crippen LogP contribution in [0.25, 0.3) is 0 Å². The highest BCUT2D eigenvalue weighted by atomic mass is 16.3. The summed E-state index contributed by atoms with van der Waals surface area (Å²) in [5, 5.41) is 18.9. The molecule has 0 aromatic carbocycles. The Bertz CT molecular complexity index is 179. The van der Waals surface area contributed by atoms with Crippen LogP contribution in [0.2, 0.25) is 0 Å². The van der Waals surface area contributed by atoms with E-state index < -0.39 is 5.60 Å². The van der Waals surface area contributed by atoms with Gasteiger partial charge >= 0.3 is 0 Å². The molecule has 1 rings (SSSR count). The van der Waals surface area contributed by atoms with Crippen molar-refractivity contribution < 1.29 is 10.2 Å². The molecule has 1 aliphatic carbocycles. The summed E-state index contributed by atoms with van der Waals surface area (Å²) >= 11 is 0. The van der Waals surface area contributed by atoms with Gasteiger partial charge in [-0.2, -0.15) is 0 Å². The third-order valence-electron chi connectivity index (χ3n) is 3.55. The van der Waals surface area contributed by atoms with Gasteiger partial charge in [-0.25, -0.2) is 0 Å². The van der Waals surface area contributed by atoms with Crippen LogP contribution in [0.3, 0.4) is 0 Å². The quantitative estimate of drug-likeness (QED) is 0.679. The smallest absolute Gasteiger partial charge is 0.0877 e. The summed E-state index contributed by atoms with van der Waals surface area (Å²) in [6, 6.07) is 0. The second-order valence-electron chi connectivity index (χ2n) is 4.76. The SMILES string of the molecule is C=CCC1CCC(C(C)(O)CO)CC1. The Morgan fingerprint density at radius 2 is 1.93 bits per heavy atom. The largest absolute Gasteiger partial charge is 0.393 e. The molecule has 2 nitrogen and oxygen atoms in total. The lowest BCUT2D eigenvalue weighted by molar-refractivity contribution is -0.0616. The maximum atomic E-state index is 9.89. The van der Waals surface area contributed by atoms with E-state index in [0.717, 1.165) is 38.0 Å². The molecule has 1 aliphatic rings. The molecule has 0 bridgehead atoms. The van der Waals surface area contributed by atoms with Gasteiger partial charge in [-0.15, -0.1) is 6.58 Å². The molecule has 0 aromatic rings. The van der Waals surface area contributed by atoms with Gasteiger partial charge in [-0.1, -0.05) is 6.08 Å². The number of allylic oxidation sites excluding steroid dienone is 1. The standard InChI is InChI=1S/C12H22O2/c1-3-4-10-5-7-11(8-6-10)12(2,14)9-13/h3,10-11,13-14H,1,4-9H2,2H3. The van der Waals surface area contributed by atoms with Gasteiger partial charge in [0.2, 0.25) is 0 Å². The topological polar surface area (TPSA) is 40.5 Å². The fourth-order valence-corrected chi connectivity index (χ4v) is 2.38. The summed E-state index contributed by atoms with van der Waals surface area (Å²) in [5.74, 6) is 1.02. The lowest BCUT2D eigenvalue weighted by Crippen LogP contribution is -2.40. The fraction of sp³-hybridized carbons (Fsp3) is 0.833. The number of hydrogen-bond acceptors (Lipinski definition) is 2. The van der Waals surface area contributed by atoms with E-state index >= 15 is 0 Å². The molecule has 0 aromatic heterocycles. The zero-order valence-electron chi connectivity index (χ0n) is 9.08. The van der Waals surface area contributed by atoms with E-state index in [1.807, 2.05) is 6.08 Å². The minimum atomic E-state index is -0.876. The number of rotatable bonds is 4. The summed E-state index contributed by atoms with van der Waals surface area (Å²) in [7, 11) is 0. The molecule has 82 valence electrons. The van der Waals surface area contributed by atoms with Gasteiger partial charge in [-0.3, -0.25) is 0 Å². The first kappa shape index (κ1) is 11.7. The van der Waals surface area contributed by atoms with Crippen molar-refractivity contribution in [3.05, 3.63) is 12.7 Å². The first-order valence-electron chi connectivity index (χ1n) is 5.54. The van der Waals surface area contributed by atoms with E-state index in [1.165, 1.54) is 0 Å². The monoisotopic (exact) mass is 198 g/mol. The predicted molar refractivity (Wildman–Crippen MR) is 58.0 cm³/mol. The van der Waals surface area contributed by atoms with Crippen LogP contribution in [0, 0.1) is 11.8 Å². The average Bonchev–Trinajstić information content (AvgIpc) is 2.19. The van der Waals surface area contributed by atoms with E-state index in [0.29, 0.717) is 0 Å². The van der Waals surface area contributed by atoms with E-state index in [4.69, 9.17) is 5.11 Å². The normalized spacial score (nSPS) is 32.2. The molecule has 14 heavy (non-hydrogen) atoms. The lowest BCUT2D eigenvalue weighted by atomic mass is 9.73. The van der Waals surface area contributed by atoms with Gasteiger partial charge < -0.3 is 10.2 Å². The maximum Gasteiger partial charge on any atom is 0.0877 e. The molecule has 1 unspecified atom stereocenters. The maximum absolute atomic E-state index is 9.89. The van der Waals surface area contributed by atoms with Crippen molar-refractivity contribution in [3.63, 3.8) is 0 Å². The minimum Gasteiger partial charge on any atom is -0.393 e. The molecular weight excluding hydrogens is 176 g/mol. The van der Waals surface area contributed by atoms with Crippen molar-refractivity contribution in [3.8, 4) is 0 Å². The minimum absolute atomic E-state index is 0.121. The Morgan fingerprint density at radius 3 is 2.36 bits per heavy atom. The van der Waals surface area contributed by atoms with Crippen LogP contribution in [-0.2, 0) is 0 Å². The summed E-state index contributed by atoms with van der Waals surface area (Å²) in [6.45, 7) is 5.37. The Balaban J connectivity index is 2.38. The molecule has 2 heteroatoms. The fourth-order valence-electron chi connectivity index (χ4n) is 2.38. The van der Waals surface area contributed by atoms with Crippen molar-refractivity contribution in [2.75, 3.05) is 6.61 Å². The molecule has 0 spiro atoms. The van der Waals surface area contributed by atoms with E-state index in [1.54, 1.807) is 6.92 Å². The second-order valence-corrected chi connectivity index (χ2v) is 4.76. The Labute approximate surface area is 86.6 Å². The van der Waals surface area contributed by atoms with Crippen molar-refractivity contribution in [2.24, 2.45) is 11.8 Å². The van der Waals surface area contributed by atoms with Gasteiger partial charge in [0, 0.05) is 0 Å². The molecule has 0 heterocycles. The Morgan fingerprint density at radius 1 is 1.36 bits per heavy atom. The third-order valence-corrected chi connectivity index (χ3v) is 3.55. The number of aliphatic hydroxyl groups excluding tert-OH is 1. The molecular formula is C12H22O2. The summed E-state index contributed by atoms with van der Waals surface area (Å²) in [4.78, 5) is 0. The summed E-state index contributed by atoms with van der Waals surface area (Å²) in [6.07, 6.45) is 7.46.